The van der Waals surface area contributed by atoms with E-state index in [9.17, 15) is 10.2 Å². The monoisotopic (exact) mass is 533 g/mol. The number of aromatic hydroxyl groups is 1. The molecule has 196 valence electrons. The van der Waals surface area contributed by atoms with E-state index >= 15 is 0 Å². The fourth-order valence-electron chi connectivity index (χ4n) is 8.70. The molecule has 1 saturated heterocycles. The molecule has 3 saturated carbocycles. The summed E-state index contributed by atoms with van der Waals surface area (Å²) in [6, 6.07) is 3.15. The zero-order valence-electron chi connectivity index (χ0n) is 21.2. The molecule has 36 heavy (non-hydrogen) atoms. The van der Waals surface area contributed by atoms with Crippen molar-refractivity contribution in [2.24, 2.45) is 33.6 Å². The fourth-order valence-corrected chi connectivity index (χ4v) is 9.21. The normalized spacial score (nSPS) is 41.2. The van der Waals surface area contributed by atoms with Crippen LogP contribution < -0.4 is 0 Å². The summed E-state index contributed by atoms with van der Waals surface area (Å²) >= 11 is 12.2. The Kier molecular flexibility index (Phi) is 6.09. The topological polar surface area (TPSA) is 71.3 Å². The zero-order valence-corrected chi connectivity index (χ0v) is 22.7. The summed E-state index contributed by atoms with van der Waals surface area (Å²) in [5.41, 5.74) is 1.19. The Morgan fingerprint density at radius 2 is 1.81 bits per heavy atom. The largest absolute Gasteiger partial charge is 0.506 e. The van der Waals surface area contributed by atoms with Gasteiger partial charge in [-0.25, -0.2) is 0 Å². The highest BCUT2D eigenvalue weighted by Crippen LogP contribution is 2.68. The van der Waals surface area contributed by atoms with Crippen molar-refractivity contribution >= 4 is 29.4 Å². The third kappa shape index (κ3) is 3.71. The lowest BCUT2D eigenvalue weighted by Crippen LogP contribution is -2.56. The molecule has 0 aromatic heterocycles. The number of rotatable bonds is 3. The summed E-state index contributed by atoms with van der Waals surface area (Å²) in [7, 11) is 0. The van der Waals surface area contributed by atoms with E-state index in [1.165, 1.54) is 6.07 Å². The van der Waals surface area contributed by atoms with E-state index < -0.39 is 5.60 Å². The molecule has 0 amide bonds. The predicted molar refractivity (Wildman–Crippen MR) is 142 cm³/mol. The van der Waals surface area contributed by atoms with Gasteiger partial charge in [-0.3, -0.25) is 4.99 Å². The van der Waals surface area contributed by atoms with Crippen LogP contribution in [-0.2, 0) is 9.47 Å². The van der Waals surface area contributed by atoms with E-state index in [0.29, 0.717) is 48.1 Å². The van der Waals surface area contributed by atoms with Crippen LogP contribution in [0.2, 0.25) is 10.0 Å². The van der Waals surface area contributed by atoms with Gasteiger partial charge in [-0.1, -0.05) is 48.7 Å². The van der Waals surface area contributed by atoms with Crippen LogP contribution in [0.15, 0.2) is 28.8 Å². The maximum atomic E-state index is 12.0. The van der Waals surface area contributed by atoms with Crippen LogP contribution >= 0.6 is 23.2 Å². The first-order chi connectivity index (χ1) is 17.1. The van der Waals surface area contributed by atoms with Crippen LogP contribution in [0.25, 0.3) is 0 Å². The number of aliphatic imine (C=N–C) groups is 1. The average molecular weight is 535 g/mol. The second-order valence-corrected chi connectivity index (χ2v) is 13.2. The third-order valence-corrected chi connectivity index (χ3v) is 11.4. The van der Waals surface area contributed by atoms with E-state index in [2.05, 4.69) is 24.9 Å². The number of nitrogens with zero attached hydrogens (tertiary/aromatic N) is 1. The molecule has 1 aromatic rings. The number of hydrogen-bond donors (Lipinski definition) is 2. The van der Waals surface area contributed by atoms with Crippen molar-refractivity contribution in [3.05, 3.63) is 39.4 Å². The minimum atomic E-state index is -0.857. The van der Waals surface area contributed by atoms with Gasteiger partial charge in [-0.15, -0.1) is 0 Å². The Morgan fingerprint density at radius 3 is 2.58 bits per heavy atom. The molecule has 4 fully saturated rings. The first-order valence-electron chi connectivity index (χ1n) is 13.5. The van der Waals surface area contributed by atoms with Crippen molar-refractivity contribution in [3.63, 3.8) is 0 Å². The quantitative estimate of drug-likeness (QED) is 0.341. The lowest BCUT2D eigenvalue weighted by Gasteiger charge is -2.59. The highest BCUT2D eigenvalue weighted by molar-refractivity contribution is 6.36. The second-order valence-electron chi connectivity index (χ2n) is 12.4. The molecule has 6 rings (SSSR count). The number of fused-ring (bicyclic) bond motifs is 5. The average Bonchev–Trinajstić information content (AvgIpc) is 3.40. The van der Waals surface area contributed by atoms with E-state index in [1.807, 2.05) is 0 Å². The van der Waals surface area contributed by atoms with Crippen molar-refractivity contribution in [2.45, 2.75) is 76.6 Å². The van der Waals surface area contributed by atoms with E-state index in [1.54, 1.807) is 17.9 Å². The van der Waals surface area contributed by atoms with Gasteiger partial charge in [0.05, 0.1) is 30.4 Å². The molecule has 4 aliphatic carbocycles. The van der Waals surface area contributed by atoms with E-state index in [4.69, 9.17) is 32.7 Å². The zero-order chi connectivity index (χ0) is 25.3. The molecule has 1 aliphatic heterocycles. The maximum absolute atomic E-state index is 12.0. The molecule has 6 atom stereocenters. The summed E-state index contributed by atoms with van der Waals surface area (Å²) in [6.07, 6.45) is 12.1. The highest BCUT2D eigenvalue weighted by Gasteiger charge is 2.64. The summed E-state index contributed by atoms with van der Waals surface area (Å²) < 4.78 is 12.1. The summed E-state index contributed by atoms with van der Waals surface area (Å²) in [6.45, 7) is 6.51. The van der Waals surface area contributed by atoms with Crippen LogP contribution in [0.1, 0.15) is 70.8 Å². The highest BCUT2D eigenvalue weighted by atomic mass is 35.5. The summed E-state index contributed by atoms with van der Waals surface area (Å²) in [4.78, 5) is 4.61. The summed E-state index contributed by atoms with van der Waals surface area (Å²) in [5.74, 6) is 1.30. The molecule has 2 N–H and O–H groups in total. The number of allylic oxidation sites excluding steroid dienone is 1. The summed E-state index contributed by atoms with van der Waals surface area (Å²) in [5, 5.41) is 22.9. The van der Waals surface area contributed by atoms with Crippen LogP contribution in [0.3, 0.4) is 0 Å². The number of aliphatic hydroxyl groups is 1. The number of phenolic OH excluding ortho intramolecular Hbond substituents is 1. The Hall–Kier alpha value is -1.11. The minimum Gasteiger partial charge on any atom is -0.506 e. The smallest absolute Gasteiger partial charge is 0.172 e. The van der Waals surface area contributed by atoms with Gasteiger partial charge in [0, 0.05) is 35.1 Å². The predicted octanol–water partition coefficient (Wildman–Crippen LogP) is 6.55. The molecule has 5 aliphatic rings. The molecule has 0 unspecified atom stereocenters. The molecule has 1 spiro atoms. The van der Waals surface area contributed by atoms with Crippen molar-refractivity contribution in [1.29, 1.82) is 0 Å². The van der Waals surface area contributed by atoms with Crippen LogP contribution in [0.4, 0.5) is 0 Å². The molecular weight excluding hydrogens is 497 g/mol. The van der Waals surface area contributed by atoms with Crippen LogP contribution in [0.5, 0.6) is 5.75 Å². The molecule has 1 aromatic carbocycles. The number of hydrogen-bond acceptors (Lipinski definition) is 5. The molecule has 0 radical (unpaired) electrons. The van der Waals surface area contributed by atoms with E-state index in [-0.39, 0.29) is 27.4 Å². The second kappa shape index (κ2) is 8.71. The standard InChI is InChI=1S/C29H37Cl2NO4/c1-26-9-10-29(35-11-12-36-29)15-19(26)3-4-21-22(26)5-7-27(2)23(21)6-8-28(27,34)17-32-16-18-13-20(30)14-24(31)25(18)33/h3,13-14,16,21-23,33-34H,4-12,15,17H2,1-2H3/t21-,22+,23+,26-,27-,28+/m0/s1. The number of halogens is 2. The van der Waals surface area contributed by atoms with Crippen LogP contribution in [0, 0.1) is 28.6 Å². The minimum absolute atomic E-state index is 0.0338. The Balaban J connectivity index is 1.21. The van der Waals surface area contributed by atoms with Gasteiger partial charge in [0.2, 0.25) is 0 Å². The van der Waals surface area contributed by atoms with Gasteiger partial charge in [0.15, 0.2) is 5.79 Å². The first-order valence-corrected chi connectivity index (χ1v) is 14.2. The lowest BCUT2D eigenvalue weighted by molar-refractivity contribution is -0.187. The molecular formula is C29H37Cl2NO4. The molecule has 0 bridgehead atoms. The first kappa shape index (κ1) is 25.2. The van der Waals surface area contributed by atoms with E-state index in [0.717, 1.165) is 51.4 Å². The SMILES string of the molecule is C[C@]12CCC3(CC1=CC[C@H]1[C@H]2CC[C@@]2(C)[C@@H]1CC[C@@]2(O)CN=Cc1cc(Cl)cc(Cl)c1O)OCCO3. The van der Waals surface area contributed by atoms with Gasteiger partial charge in [0.1, 0.15) is 5.75 Å². The maximum Gasteiger partial charge on any atom is 0.172 e. The Morgan fingerprint density at radius 1 is 1.06 bits per heavy atom. The van der Waals surface area contributed by atoms with Gasteiger partial charge < -0.3 is 19.7 Å². The third-order valence-electron chi connectivity index (χ3n) is 10.9. The number of ether oxygens (including phenoxy) is 2. The van der Waals surface area contributed by atoms with Gasteiger partial charge in [-0.2, -0.15) is 0 Å². The van der Waals surface area contributed by atoms with Crippen molar-refractivity contribution in [2.75, 3.05) is 19.8 Å². The van der Waals surface area contributed by atoms with Crippen molar-refractivity contribution in [1.82, 2.24) is 0 Å². The van der Waals surface area contributed by atoms with Crippen LogP contribution in [-0.4, -0.2) is 47.6 Å². The van der Waals surface area contributed by atoms with Gasteiger partial charge in [-0.05, 0) is 73.8 Å². The molecule has 7 heteroatoms. The lowest BCUT2D eigenvalue weighted by atomic mass is 9.46. The van der Waals surface area contributed by atoms with Gasteiger partial charge in [0.25, 0.3) is 0 Å². The Labute approximate surface area is 223 Å². The van der Waals surface area contributed by atoms with Crippen molar-refractivity contribution in [3.8, 4) is 5.75 Å². The molecule has 5 nitrogen and oxygen atoms in total. The number of phenols is 1. The fraction of sp³-hybridized carbons (Fsp3) is 0.690. The van der Waals surface area contributed by atoms with Crippen molar-refractivity contribution < 1.29 is 19.7 Å². The Bertz CT molecular complexity index is 1110. The number of benzene rings is 1. The van der Waals surface area contributed by atoms with Gasteiger partial charge >= 0.3 is 0 Å². The molecule has 1 heterocycles.